The number of nitrogens with two attached hydrogens (primary N) is 2. The lowest BCUT2D eigenvalue weighted by molar-refractivity contribution is -0.133. The molecule has 1 aliphatic rings. The molecule has 3 rings (SSSR count). The van der Waals surface area contributed by atoms with E-state index in [4.69, 9.17) is 16.2 Å². The second-order valence-electron chi connectivity index (χ2n) is 8.30. The maximum absolute atomic E-state index is 12.3. The van der Waals surface area contributed by atoms with Crippen LogP contribution in [0.4, 0.5) is 5.95 Å². The van der Waals surface area contributed by atoms with Crippen molar-refractivity contribution in [2.24, 2.45) is 5.73 Å². The van der Waals surface area contributed by atoms with Crippen molar-refractivity contribution >= 4 is 48.4 Å². The van der Waals surface area contributed by atoms with Gasteiger partial charge >= 0.3 is 31.3 Å². The van der Waals surface area contributed by atoms with Gasteiger partial charge in [-0.3, -0.25) is 23.4 Å². The van der Waals surface area contributed by atoms with E-state index in [1.165, 1.54) is 0 Å². The van der Waals surface area contributed by atoms with Gasteiger partial charge in [-0.15, -0.1) is 0 Å². The predicted molar refractivity (Wildman–Crippen MR) is 134 cm³/mol. The molecule has 0 spiro atoms. The van der Waals surface area contributed by atoms with Gasteiger partial charge in [0.2, 0.25) is 5.95 Å². The summed E-state index contributed by atoms with van der Waals surface area (Å²) in [6.45, 7) is 0.0437. The molecule has 0 aromatic carbocycles. The van der Waals surface area contributed by atoms with Gasteiger partial charge in [-0.1, -0.05) is 12.8 Å². The first-order valence-corrected chi connectivity index (χ1v) is 17.4. The van der Waals surface area contributed by atoms with Crippen molar-refractivity contribution < 1.29 is 69.7 Å². The first kappa shape index (κ1) is 34.1. The van der Waals surface area contributed by atoms with E-state index in [2.05, 4.69) is 36.9 Å². The van der Waals surface area contributed by atoms with E-state index in [1.807, 2.05) is 0 Å². The van der Waals surface area contributed by atoms with Crippen LogP contribution in [-0.4, -0.2) is 69.7 Å². The molecule has 234 valence electrons. The Morgan fingerprint density at radius 1 is 1.00 bits per heavy atom. The minimum Gasteiger partial charge on any atom is -0.388 e. The second kappa shape index (κ2) is 13.5. The number of imidazole rings is 1. The molecule has 0 radical (unpaired) electrons. The minimum absolute atomic E-state index is 0.0729. The third-order valence-corrected chi connectivity index (χ3v) is 11.0. The van der Waals surface area contributed by atoms with Gasteiger partial charge in [0.1, 0.15) is 12.3 Å². The van der Waals surface area contributed by atoms with Crippen molar-refractivity contribution in [1.82, 2.24) is 19.5 Å². The highest BCUT2D eigenvalue weighted by Gasteiger charge is 2.48. The highest BCUT2D eigenvalue weighted by atomic mass is 31.3. The number of aliphatic hydroxyl groups is 1. The Morgan fingerprint density at radius 3 is 2.27 bits per heavy atom. The predicted octanol–water partition coefficient (Wildman–Crippen LogP) is 0.311. The van der Waals surface area contributed by atoms with Crippen molar-refractivity contribution in [3.8, 4) is 0 Å². The number of aromatic amines is 1. The van der Waals surface area contributed by atoms with E-state index in [1.54, 1.807) is 0 Å². The van der Waals surface area contributed by atoms with Gasteiger partial charge in [-0.05, 0) is 19.4 Å². The maximum Gasteiger partial charge on any atom is 0.490 e. The zero-order chi connectivity index (χ0) is 30.6. The van der Waals surface area contributed by atoms with E-state index in [9.17, 15) is 47.7 Å². The second-order valence-corrected chi connectivity index (χ2v) is 14.5. The van der Waals surface area contributed by atoms with Crippen LogP contribution in [0, 0.1) is 0 Å². The summed E-state index contributed by atoms with van der Waals surface area (Å²) in [5.74, 6) is -0.268. The lowest BCUT2D eigenvalue weighted by Crippen LogP contribution is -2.23. The number of hydrogen-bond acceptors (Lipinski definition) is 16. The van der Waals surface area contributed by atoms with Crippen LogP contribution in [0.25, 0.3) is 11.2 Å². The average Bonchev–Trinajstić information content (AvgIpc) is 3.36. The highest BCUT2D eigenvalue weighted by Crippen LogP contribution is 2.71. The van der Waals surface area contributed by atoms with Crippen molar-refractivity contribution in [2.45, 2.75) is 50.7 Å². The molecule has 2 aromatic rings. The van der Waals surface area contributed by atoms with Crippen LogP contribution >= 0.6 is 31.3 Å². The maximum atomic E-state index is 12.3. The minimum atomic E-state index is -6.04. The van der Waals surface area contributed by atoms with Crippen LogP contribution < -0.4 is 17.0 Å². The Bertz CT molecular complexity index is 1470. The molecule has 10 N–H and O–H groups in total. The number of fused-ring (bicyclic) bond motifs is 1. The van der Waals surface area contributed by atoms with E-state index in [-0.39, 0.29) is 30.0 Å². The molecule has 7 atom stereocenters. The lowest BCUT2D eigenvalue weighted by atomic mass is 10.2. The fourth-order valence-corrected chi connectivity index (χ4v) is 8.48. The highest BCUT2D eigenvalue weighted by molar-refractivity contribution is 7.69. The quantitative estimate of drug-likeness (QED) is 0.0878. The van der Waals surface area contributed by atoms with Gasteiger partial charge in [-0.2, -0.15) is 17.9 Å². The van der Waals surface area contributed by atoms with Crippen molar-refractivity contribution in [1.29, 1.82) is 0 Å². The third kappa shape index (κ3) is 10.1. The molecule has 1 fully saturated rings. The summed E-state index contributed by atoms with van der Waals surface area (Å²) in [4.78, 5) is 60.6. The lowest BCUT2D eigenvalue weighted by Gasteiger charge is -2.22. The summed E-state index contributed by atoms with van der Waals surface area (Å²) in [5, 5.41) is 10.2. The van der Waals surface area contributed by atoms with Gasteiger partial charge in [-0.25, -0.2) is 23.2 Å². The number of unbranched alkanes of at least 4 members (excludes halogenated alkanes) is 3. The molecule has 2 aromatic heterocycles. The number of anilines is 1. The molecule has 41 heavy (non-hydrogen) atoms. The van der Waals surface area contributed by atoms with Gasteiger partial charge < -0.3 is 40.9 Å². The molecule has 0 bridgehead atoms. The van der Waals surface area contributed by atoms with E-state index in [0.717, 1.165) is 10.9 Å². The van der Waals surface area contributed by atoms with E-state index in [0.29, 0.717) is 25.8 Å². The Labute approximate surface area is 230 Å². The number of nitrogens with zero attached hydrogens (tertiary/aromatic N) is 3. The monoisotopic (exact) mass is 672 g/mol. The summed E-state index contributed by atoms with van der Waals surface area (Å²) in [7, 11) is -23.0. The number of rotatable bonds is 16. The summed E-state index contributed by atoms with van der Waals surface area (Å²) >= 11 is 0. The van der Waals surface area contributed by atoms with Gasteiger partial charge in [0.05, 0.1) is 12.9 Å². The zero-order valence-electron chi connectivity index (χ0n) is 20.8. The van der Waals surface area contributed by atoms with Crippen LogP contribution in [0.3, 0.4) is 0 Å². The Kier molecular flexibility index (Phi) is 11.2. The molecule has 0 amide bonds. The molecular weight excluding hydrogens is 644 g/mol. The Balaban J connectivity index is 1.58. The first-order valence-electron chi connectivity index (χ1n) is 11.5. The Hall–Kier alpha value is -1.41. The SMILES string of the molecule is NCCCCCCOP(=O)(O)OP(=O)(O)OP(=O)(O)OP(=O)(O)O[C@H]1O[C@@H](n2cnc3c(=O)[nH]c(N)nc32)C[C@H]1O. The fraction of sp³-hybridized carbons (Fsp3) is 0.667. The summed E-state index contributed by atoms with van der Waals surface area (Å²) in [6.07, 6.45) is -1.94. The smallest absolute Gasteiger partial charge is 0.388 e. The topological polar surface area (TPSA) is 340 Å². The molecular formula is C15H28N6O16P4. The molecule has 3 heterocycles. The van der Waals surface area contributed by atoms with Crippen LogP contribution in [0.5, 0.6) is 0 Å². The number of phosphoric acid groups is 4. The number of nitrogens with one attached hydrogen (secondary N) is 1. The molecule has 0 saturated carbocycles. The largest absolute Gasteiger partial charge is 0.490 e. The summed E-state index contributed by atoms with van der Waals surface area (Å²) in [6, 6.07) is 0. The molecule has 4 unspecified atom stereocenters. The third-order valence-electron chi connectivity index (χ3n) is 5.02. The average molecular weight is 672 g/mol. The molecule has 0 aliphatic carbocycles. The number of nitrogen functional groups attached to an aromatic ring is 1. The van der Waals surface area contributed by atoms with Crippen LogP contribution in [0.1, 0.15) is 38.3 Å². The van der Waals surface area contributed by atoms with Crippen LogP contribution in [-0.2, 0) is 45.0 Å². The number of aromatic nitrogens is 4. The van der Waals surface area contributed by atoms with Crippen LogP contribution in [0.2, 0.25) is 0 Å². The summed E-state index contributed by atoms with van der Waals surface area (Å²) in [5.41, 5.74) is 9.93. The van der Waals surface area contributed by atoms with Crippen molar-refractivity contribution in [2.75, 3.05) is 18.9 Å². The van der Waals surface area contributed by atoms with Crippen LogP contribution in [0.15, 0.2) is 11.1 Å². The first-order chi connectivity index (χ1) is 18.9. The number of phosphoric ester groups is 2. The standard InChI is InChI=1S/C15H28N6O16P4/c16-5-3-1-2-4-6-32-38(24,25)35-40(28,29)37-41(30,31)36-39(26,27)34-14-9(22)7-10(33-14)21-8-18-11-12(21)19-15(17)20-13(11)23/h8-10,14,22H,1-7,16H2,(H,24,25)(H,26,27)(H,28,29)(H,30,31)(H3,17,19,20,23)/t9-,10-,14-/m1/s1. The number of hydrogen-bond donors (Lipinski definition) is 8. The number of aliphatic hydroxyl groups excluding tert-OH is 1. The number of ether oxygens (including phenoxy) is 1. The van der Waals surface area contributed by atoms with E-state index >= 15 is 0 Å². The number of H-pyrrole nitrogens is 1. The molecule has 26 heteroatoms. The molecule has 1 aliphatic heterocycles. The van der Waals surface area contributed by atoms with Crippen molar-refractivity contribution in [3.05, 3.63) is 16.7 Å². The Morgan fingerprint density at radius 2 is 1.61 bits per heavy atom. The fourth-order valence-electron chi connectivity index (χ4n) is 3.42. The zero-order valence-corrected chi connectivity index (χ0v) is 24.3. The van der Waals surface area contributed by atoms with Gasteiger partial charge in [0.15, 0.2) is 17.5 Å². The van der Waals surface area contributed by atoms with Gasteiger partial charge in [0.25, 0.3) is 5.56 Å². The van der Waals surface area contributed by atoms with Crippen molar-refractivity contribution in [3.63, 3.8) is 0 Å². The van der Waals surface area contributed by atoms with E-state index < -0.39 is 62.1 Å². The van der Waals surface area contributed by atoms with Gasteiger partial charge in [0, 0.05) is 6.42 Å². The molecule has 1 saturated heterocycles. The summed E-state index contributed by atoms with van der Waals surface area (Å²) < 4.78 is 75.3. The normalized spacial score (nSPS) is 25.4. The molecule has 22 nitrogen and oxygen atoms in total.